The van der Waals surface area contributed by atoms with Gasteiger partial charge in [-0.3, -0.25) is 4.98 Å². The van der Waals surface area contributed by atoms with Crippen molar-refractivity contribution in [1.82, 2.24) is 14.6 Å². The molecule has 2 N–H and O–H groups in total. The molecule has 6 heteroatoms. The third kappa shape index (κ3) is 2.25. The fraction of sp³-hybridized carbons (Fsp3) is 0.143. The van der Waals surface area contributed by atoms with E-state index in [9.17, 15) is 8.78 Å². The van der Waals surface area contributed by atoms with E-state index in [-0.39, 0.29) is 6.04 Å². The first-order chi connectivity index (χ1) is 9.65. The lowest BCUT2D eigenvalue weighted by atomic mass is 10.0. The second-order valence-electron chi connectivity index (χ2n) is 4.57. The van der Waals surface area contributed by atoms with Crippen molar-refractivity contribution < 1.29 is 8.78 Å². The summed E-state index contributed by atoms with van der Waals surface area (Å²) in [4.78, 5) is 4.03. The van der Waals surface area contributed by atoms with Crippen molar-refractivity contribution in [3.05, 3.63) is 65.7 Å². The average Bonchev–Trinajstić information content (AvgIpc) is 2.87. The molecule has 1 aromatic carbocycles. The van der Waals surface area contributed by atoms with E-state index in [1.54, 1.807) is 29.3 Å². The molecule has 0 fully saturated rings. The Morgan fingerprint density at radius 1 is 1.20 bits per heavy atom. The Morgan fingerprint density at radius 2 is 2.05 bits per heavy atom. The van der Waals surface area contributed by atoms with Gasteiger partial charge >= 0.3 is 0 Å². The Morgan fingerprint density at radius 3 is 2.85 bits per heavy atom. The fourth-order valence-corrected chi connectivity index (χ4v) is 2.17. The van der Waals surface area contributed by atoms with Gasteiger partial charge in [-0.15, -0.1) is 0 Å². The monoisotopic (exact) mass is 274 g/mol. The zero-order chi connectivity index (χ0) is 14.1. The van der Waals surface area contributed by atoms with Crippen LogP contribution in [0.5, 0.6) is 0 Å². The Labute approximate surface area is 113 Å². The lowest BCUT2D eigenvalue weighted by Gasteiger charge is -2.10. The molecule has 2 heterocycles. The summed E-state index contributed by atoms with van der Waals surface area (Å²) in [5.41, 5.74) is 8.40. The highest BCUT2D eigenvalue weighted by atomic mass is 19.2. The Balaban J connectivity index is 1.89. The van der Waals surface area contributed by atoms with Gasteiger partial charge in [0.15, 0.2) is 11.6 Å². The van der Waals surface area contributed by atoms with E-state index in [4.69, 9.17) is 5.73 Å². The van der Waals surface area contributed by atoms with Crippen LogP contribution in [0.2, 0.25) is 0 Å². The second-order valence-corrected chi connectivity index (χ2v) is 4.57. The number of hydrogen-bond donors (Lipinski definition) is 1. The van der Waals surface area contributed by atoms with Crippen LogP contribution >= 0.6 is 0 Å². The highest BCUT2D eigenvalue weighted by molar-refractivity contribution is 5.53. The first-order valence-corrected chi connectivity index (χ1v) is 6.12. The highest BCUT2D eigenvalue weighted by Crippen LogP contribution is 2.21. The summed E-state index contributed by atoms with van der Waals surface area (Å²) < 4.78 is 27.7. The van der Waals surface area contributed by atoms with E-state index in [2.05, 4.69) is 10.1 Å². The maximum atomic E-state index is 13.2. The molecule has 3 rings (SSSR count). The van der Waals surface area contributed by atoms with Gasteiger partial charge in [0, 0.05) is 24.0 Å². The van der Waals surface area contributed by atoms with Gasteiger partial charge in [-0.2, -0.15) is 5.10 Å². The van der Waals surface area contributed by atoms with Crippen LogP contribution in [0.3, 0.4) is 0 Å². The van der Waals surface area contributed by atoms with Crippen LogP contribution in [0.1, 0.15) is 17.2 Å². The van der Waals surface area contributed by atoms with Crippen molar-refractivity contribution in [2.24, 2.45) is 5.73 Å². The fourth-order valence-electron chi connectivity index (χ4n) is 2.17. The maximum Gasteiger partial charge on any atom is 0.159 e. The van der Waals surface area contributed by atoms with Gasteiger partial charge in [0.05, 0.1) is 17.9 Å². The van der Waals surface area contributed by atoms with Gasteiger partial charge in [-0.05, 0) is 24.1 Å². The Kier molecular flexibility index (Phi) is 3.15. The quantitative estimate of drug-likeness (QED) is 0.797. The number of benzene rings is 1. The summed E-state index contributed by atoms with van der Waals surface area (Å²) in [5, 5.41) is 4.18. The minimum Gasteiger partial charge on any atom is -0.324 e. The number of nitrogens with two attached hydrogens (primary N) is 1. The van der Waals surface area contributed by atoms with Crippen LogP contribution in [0.15, 0.2) is 43.0 Å². The molecule has 0 aliphatic rings. The lowest BCUT2D eigenvalue weighted by Crippen LogP contribution is -2.13. The summed E-state index contributed by atoms with van der Waals surface area (Å²) in [6, 6.07) is 3.44. The molecule has 102 valence electrons. The molecule has 0 bridgehead atoms. The van der Waals surface area contributed by atoms with Crippen molar-refractivity contribution >= 4 is 5.52 Å². The highest BCUT2D eigenvalue weighted by Gasteiger charge is 2.14. The molecule has 4 nitrogen and oxygen atoms in total. The van der Waals surface area contributed by atoms with E-state index < -0.39 is 11.6 Å². The predicted octanol–water partition coefficient (Wildman–Crippen LogP) is 2.25. The van der Waals surface area contributed by atoms with Crippen LogP contribution < -0.4 is 5.73 Å². The molecular formula is C14H12F2N4. The Bertz CT molecular complexity index is 754. The van der Waals surface area contributed by atoms with Crippen molar-refractivity contribution in [2.75, 3.05) is 0 Å². The standard InChI is InChI=1S/C14H12F2N4/c15-11-2-1-9(5-12(11)16)6-13(17)10-7-19-20-4-3-18-8-14(10)20/h1-5,7-8,13H,6,17H2. The lowest BCUT2D eigenvalue weighted by molar-refractivity contribution is 0.506. The van der Waals surface area contributed by atoms with Crippen LogP contribution in [0.25, 0.3) is 5.52 Å². The Hall–Kier alpha value is -2.34. The first-order valence-electron chi connectivity index (χ1n) is 6.12. The number of fused-ring (bicyclic) bond motifs is 1. The van der Waals surface area contributed by atoms with E-state index >= 15 is 0 Å². The van der Waals surface area contributed by atoms with Gasteiger partial charge < -0.3 is 5.73 Å². The van der Waals surface area contributed by atoms with Crippen LogP contribution in [-0.2, 0) is 6.42 Å². The van der Waals surface area contributed by atoms with Gasteiger partial charge in [-0.1, -0.05) is 6.07 Å². The van der Waals surface area contributed by atoms with Gasteiger partial charge in [0.2, 0.25) is 0 Å². The van der Waals surface area contributed by atoms with E-state index in [0.29, 0.717) is 12.0 Å². The summed E-state index contributed by atoms with van der Waals surface area (Å²) >= 11 is 0. The largest absolute Gasteiger partial charge is 0.324 e. The summed E-state index contributed by atoms with van der Waals surface area (Å²) in [6.45, 7) is 0. The number of halogens is 2. The van der Waals surface area contributed by atoms with Crippen molar-refractivity contribution in [2.45, 2.75) is 12.5 Å². The molecule has 0 amide bonds. The van der Waals surface area contributed by atoms with Crippen LogP contribution in [0, 0.1) is 11.6 Å². The zero-order valence-electron chi connectivity index (χ0n) is 10.5. The number of aromatic nitrogens is 3. The second kappa shape index (κ2) is 4.97. The average molecular weight is 274 g/mol. The predicted molar refractivity (Wildman–Crippen MR) is 70.0 cm³/mol. The van der Waals surface area contributed by atoms with E-state index in [0.717, 1.165) is 17.1 Å². The number of hydrogen-bond acceptors (Lipinski definition) is 3. The van der Waals surface area contributed by atoms with Crippen molar-refractivity contribution in [3.63, 3.8) is 0 Å². The van der Waals surface area contributed by atoms with Crippen LogP contribution in [-0.4, -0.2) is 14.6 Å². The molecule has 1 atom stereocenters. The zero-order valence-corrected chi connectivity index (χ0v) is 10.5. The maximum absolute atomic E-state index is 13.2. The molecule has 0 saturated heterocycles. The van der Waals surface area contributed by atoms with Gasteiger partial charge in [0.1, 0.15) is 0 Å². The van der Waals surface area contributed by atoms with Crippen molar-refractivity contribution in [1.29, 1.82) is 0 Å². The minimum atomic E-state index is -0.865. The number of rotatable bonds is 3. The van der Waals surface area contributed by atoms with E-state index in [1.165, 1.54) is 12.1 Å². The number of nitrogens with zero attached hydrogens (tertiary/aromatic N) is 3. The SMILES string of the molecule is NC(Cc1ccc(F)c(F)c1)c1cnn2ccncc12. The smallest absolute Gasteiger partial charge is 0.159 e. The molecule has 0 aliphatic carbocycles. The minimum absolute atomic E-state index is 0.360. The molecular weight excluding hydrogens is 262 g/mol. The normalized spacial score (nSPS) is 12.8. The molecule has 3 aromatic rings. The molecule has 20 heavy (non-hydrogen) atoms. The van der Waals surface area contributed by atoms with E-state index in [1.807, 2.05) is 0 Å². The first kappa shape index (κ1) is 12.7. The molecule has 2 aromatic heterocycles. The molecule has 0 spiro atoms. The van der Waals surface area contributed by atoms with Crippen molar-refractivity contribution in [3.8, 4) is 0 Å². The third-order valence-corrected chi connectivity index (χ3v) is 3.19. The summed E-state index contributed by atoms with van der Waals surface area (Å²) in [6.07, 6.45) is 7.09. The molecule has 0 aliphatic heterocycles. The third-order valence-electron chi connectivity index (χ3n) is 3.19. The molecule has 1 unspecified atom stereocenters. The summed E-state index contributed by atoms with van der Waals surface area (Å²) in [7, 11) is 0. The topological polar surface area (TPSA) is 56.2 Å². The van der Waals surface area contributed by atoms with Gasteiger partial charge in [0.25, 0.3) is 0 Å². The molecule has 0 radical (unpaired) electrons. The van der Waals surface area contributed by atoms with Crippen LogP contribution in [0.4, 0.5) is 8.78 Å². The summed E-state index contributed by atoms with van der Waals surface area (Å²) in [5.74, 6) is -1.72. The molecule has 0 saturated carbocycles. The van der Waals surface area contributed by atoms with Gasteiger partial charge in [-0.25, -0.2) is 13.3 Å².